The highest BCUT2D eigenvalue weighted by Gasteiger charge is 2.21. The lowest BCUT2D eigenvalue weighted by atomic mass is 10.00. The van der Waals surface area contributed by atoms with Crippen LogP contribution in [-0.2, 0) is 0 Å². The van der Waals surface area contributed by atoms with E-state index in [1.165, 1.54) is 0 Å². The molecule has 1 amide bonds. The second-order valence-corrected chi connectivity index (χ2v) is 7.33. The molecule has 2 aromatic carbocycles. The molecule has 0 saturated carbocycles. The van der Waals surface area contributed by atoms with Crippen molar-refractivity contribution in [1.29, 1.82) is 0 Å². The number of amides is 1. The molecule has 1 unspecified atom stereocenters. The fourth-order valence-corrected chi connectivity index (χ4v) is 3.49. The van der Waals surface area contributed by atoms with Gasteiger partial charge in [0.1, 0.15) is 0 Å². The van der Waals surface area contributed by atoms with Crippen LogP contribution in [0.25, 0.3) is 22.2 Å². The molecule has 4 nitrogen and oxygen atoms in total. The number of carbonyl (C=O) groups is 1. The number of para-hydroxylation sites is 1. The Bertz CT molecular complexity index is 1140. The summed E-state index contributed by atoms with van der Waals surface area (Å²) in [4.78, 5) is 18.2. The molecule has 3 rings (SSSR count). The molecule has 3 aromatic rings. The van der Waals surface area contributed by atoms with Crippen molar-refractivity contribution in [3.63, 3.8) is 0 Å². The molecule has 0 aliphatic rings. The molecule has 0 fully saturated rings. The molecule has 3 N–H and O–H groups in total. The molecule has 0 radical (unpaired) electrons. The lowest BCUT2D eigenvalue weighted by Crippen LogP contribution is -2.34. The standard InChI is InChI=1S/C27H29N3O/c1-4-6-8-14-20(13-5-2)19(3)29-27(31)24-22-17-11-12-18-23(22)30-26(25(24)28)21-15-9-7-10-16-21/h5-19H,4,28H2,1-3H3,(H,29,31)/b8-6+,13-5-,20-14+. The van der Waals surface area contributed by atoms with E-state index in [4.69, 9.17) is 10.7 Å². The van der Waals surface area contributed by atoms with E-state index in [9.17, 15) is 4.79 Å². The summed E-state index contributed by atoms with van der Waals surface area (Å²) < 4.78 is 0. The number of pyridine rings is 1. The Kier molecular flexibility index (Phi) is 7.39. The summed E-state index contributed by atoms with van der Waals surface area (Å²) in [5.74, 6) is -0.212. The Labute approximate surface area is 184 Å². The van der Waals surface area contributed by atoms with E-state index in [0.717, 1.165) is 28.5 Å². The summed E-state index contributed by atoms with van der Waals surface area (Å²) in [6.45, 7) is 6.03. The van der Waals surface area contributed by atoms with E-state index >= 15 is 0 Å². The molecule has 31 heavy (non-hydrogen) atoms. The van der Waals surface area contributed by atoms with E-state index in [2.05, 4.69) is 18.3 Å². The lowest BCUT2D eigenvalue weighted by Gasteiger charge is -2.18. The second-order valence-electron chi connectivity index (χ2n) is 7.33. The SMILES string of the molecule is C\C=C/C(=C\C=C\CC)C(C)NC(=O)c1c(N)c(-c2ccccc2)nc2ccccc12. The molecule has 0 aliphatic heterocycles. The van der Waals surface area contributed by atoms with E-state index in [1.54, 1.807) is 0 Å². The smallest absolute Gasteiger partial charge is 0.254 e. The molecule has 4 heteroatoms. The van der Waals surface area contributed by atoms with Gasteiger partial charge >= 0.3 is 0 Å². The number of nitrogens with two attached hydrogens (primary N) is 1. The predicted molar refractivity (Wildman–Crippen MR) is 131 cm³/mol. The van der Waals surface area contributed by atoms with E-state index < -0.39 is 0 Å². The number of allylic oxidation sites excluding steroid dienone is 4. The summed E-state index contributed by atoms with van der Waals surface area (Å²) in [6, 6.07) is 17.1. The van der Waals surface area contributed by atoms with E-state index in [1.807, 2.05) is 92.7 Å². The van der Waals surface area contributed by atoms with Crippen LogP contribution in [0.2, 0.25) is 0 Å². The number of anilines is 1. The van der Waals surface area contributed by atoms with Crippen molar-refractivity contribution in [2.75, 3.05) is 5.73 Å². The van der Waals surface area contributed by atoms with Crippen LogP contribution in [0.5, 0.6) is 0 Å². The summed E-state index contributed by atoms with van der Waals surface area (Å²) in [5.41, 5.74) is 10.6. The van der Waals surface area contributed by atoms with Gasteiger partial charge in [-0.3, -0.25) is 4.79 Å². The molecular formula is C27H29N3O. The fourth-order valence-electron chi connectivity index (χ4n) is 3.49. The first-order valence-corrected chi connectivity index (χ1v) is 10.6. The first-order chi connectivity index (χ1) is 15.1. The van der Waals surface area contributed by atoms with Crippen LogP contribution in [0.3, 0.4) is 0 Å². The van der Waals surface area contributed by atoms with Gasteiger partial charge in [0.2, 0.25) is 0 Å². The number of carbonyl (C=O) groups excluding carboxylic acids is 1. The van der Waals surface area contributed by atoms with Crippen LogP contribution in [0.1, 0.15) is 37.6 Å². The van der Waals surface area contributed by atoms with Crippen molar-refractivity contribution in [3.8, 4) is 11.3 Å². The molecule has 1 atom stereocenters. The topological polar surface area (TPSA) is 68.0 Å². The normalized spacial score (nSPS) is 13.2. The van der Waals surface area contributed by atoms with Gasteiger partial charge in [0.25, 0.3) is 5.91 Å². The number of nitrogens with one attached hydrogen (secondary N) is 1. The monoisotopic (exact) mass is 411 g/mol. The second kappa shape index (κ2) is 10.4. The van der Waals surface area contributed by atoms with Crippen LogP contribution in [0.4, 0.5) is 5.69 Å². The Morgan fingerprint density at radius 1 is 1.13 bits per heavy atom. The quantitative estimate of drug-likeness (QED) is 0.464. The zero-order chi connectivity index (χ0) is 22.2. The van der Waals surface area contributed by atoms with Gasteiger partial charge in [-0.1, -0.05) is 85.8 Å². The van der Waals surface area contributed by atoms with Crippen LogP contribution >= 0.6 is 0 Å². The van der Waals surface area contributed by atoms with Gasteiger partial charge in [-0.2, -0.15) is 0 Å². The fraction of sp³-hybridized carbons (Fsp3) is 0.185. The minimum absolute atomic E-state index is 0.184. The highest BCUT2D eigenvalue weighted by Crippen LogP contribution is 2.32. The number of nitrogens with zero attached hydrogens (tertiary/aromatic N) is 1. The maximum atomic E-state index is 13.4. The first kappa shape index (κ1) is 22.0. The van der Waals surface area contributed by atoms with Crippen LogP contribution in [0, 0.1) is 0 Å². The number of hydrogen-bond acceptors (Lipinski definition) is 3. The number of nitrogen functional groups attached to an aromatic ring is 1. The number of benzene rings is 2. The highest BCUT2D eigenvalue weighted by atomic mass is 16.1. The molecular weight excluding hydrogens is 382 g/mol. The summed E-state index contributed by atoms with van der Waals surface area (Å²) in [6.07, 6.45) is 11.1. The molecule has 0 spiro atoms. The zero-order valence-electron chi connectivity index (χ0n) is 18.3. The third kappa shape index (κ3) is 5.10. The largest absolute Gasteiger partial charge is 0.396 e. The Hall–Kier alpha value is -3.66. The summed E-state index contributed by atoms with van der Waals surface area (Å²) >= 11 is 0. The predicted octanol–water partition coefficient (Wildman–Crippen LogP) is 6.07. The number of hydrogen-bond donors (Lipinski definition) is 2. The Morgan fingerprint density at radius 3 is 2.55 bits per heavy atom. The minimum Gasteiger partial charge on any atom is -0.396 e. The third-order valence-electron chi connectivity index (χ3n) is 5.07. The van der Waals surface area contributed by atoms with Crippen molar-refractivity contribution in [3.05, 3.63) is 96.1 Å². The van der Waals surface area contributed by atoms with Gasteiger partial charge in [-0.15, -0.1) is 0 Å². The number of rotatable bonds is 7. The zero-order valence-corrected chi connectivity index (χ0v) is 18.3. The Morgan fingerprint density at radius 2 is 1.84 bits per heavy atom. The van der Waals surface area contributed by atoms with Gasteiger partial charge in [0.15, 0.2) is 0 Å². The van der Waals surface area contributed by atoms with Gasteiger partial charge in [0, 0.05) is 10.9 Å². The molecule has 0 aliphatic carbocycles. The van der Waals surface area contributed by atoms with Crippen molar-refractivity contribution >= 4 is 22.5 Å². The highest BCUT2D eigenvalue weighted by molar-refractivity contribution is 6.13. The van der Waals surface area contributed by atoms with Crippen molar-refractivity contribution in [1.82, 2.24) is 10.3 Å². The minimum atomic E-state index is -0.212. The summed E-state index contributed by atoms with van der Waals surface area (Å²) in [5, 5.41) is 3.86. The lowest BCUT2D eigenvalue weighted by molar-refractivity contribution is 0.0948. The van der Waals surface area contributed by atoms with Gasteiger partial charge in [0.05, 0.1) is 28.5 Å². The summed E-state index contributed by atoms with van der Waals surface area (Å²) in [7, 11) is 0. The molecule has 1 heterocycles. The van der Waals surface area contributed by atoms with Gasteiger partial charge in [-0.05, 0) is 31.9 Å². The molecule has 158 valence electrons. The van der Waals surface area contributed by atoms with Crippen LogP contribution in [0.15, 0.2) is 90.6 Å². The third-order valence-corrected chi connectivity index (χ3v) is 5.07. The van der Waals surface area contributed by atoms with E-state index in [0.29, 0.717) is 16.9 Å². The average Bonchev–Trinajstić information content (AvgIpc) is 2.78. The van der Waals surface area contributed by atoms with E-state index in [-0.39, 0.29) is 11.9 Å². The maximum Gasteiger partial charge on any atom is 0.254 e. The molecule has 0 bridgehead atoms. The number of fused-ring (bicyclic) bond motifs is 1. The van der Waals surface area contributed by atoms with Crippen molar-refractivity contribution in [2.24, 2.45) is 0 Å². The van der Waals surface area contributed by atoms with Crippen molar-refractivity contribution < 1.29 is 4.79 Å². The Balaban J connectivity index is 2.05. The van der Waals surface area contributed by atoms with Crippen LogP contribution < -0.4 is 11.1 Å². The van der Waals surface area contributed by atoms with Crippen LogP contribution in [-0.4, -0.2) is 16.9 Å². The molecule has 1 aromatic heterocycles. The number of aromatic nitrogens is 1. The van der Waals surface area contributed by atoms with Gasteiger partial charge in [-0.25, -0.2) is 4.98 Å². The van der Waals surface area contributed by atoms with Crippen molar-refractivity contribution in [2.45, 2.75) is 33.2 Å². The molecule has 0 saturated heterocycles. The maximum absolute atomic E-state index is 13.4. The first-order valence-electron chi connectivity index (χ1n) is 10.6. The average molecular weight is 412 g/mol. The van der Waals surface area contributed by atoms with Gasteiger partial charge < -0.3 is 11.1 Å².